The standard InChI is InChI=1S/C46H50N4O4/c51-43-19-18-42(45(52)47-43)50-30-35-28-36(13-17-41(35)46(50)53)49-26-20-31(21-27-49)29-48-24-22-38(23-25-48)54-37-14-10-34(11-15-37)44-39-9-5-4-8-33(39)12-16-40(44)32-6-2-1-3-7-32/h1-11,13-15,17,28,31,38,40,42,44H,12,16,18-27,29-30H2,(H,47,51,52). The van der Waals surface area contributed by atoms with Crippen LogP contribution in [0.2, 0.25) is 0 Å². The molecule has 0 spiro atoms. The molecule has 9 rings (SSSR count). The Bertz CT molecular complexity index is 2000. The number of aryl methyl sites for hydroxylation is 1. The number of carbonyl (C=O) groups is 3. The van der Waals surface area contributed by atoms with Crippen molar-refractivity contribution in [1.82, 2.24) is 15.1 Å². The molecule has 3 unspecified atom stereocenters. The molecule has 8 heteroatoms. The van der Waals surface area contributed by atoms with Crippen molar-refractivity contribution in [3.63, 3.8) is 0 Å². The molecule has 5 aliphatic rings. The molecule has 3 saturated heterocycles. The van der Waals surface area contributed by atoms with Crippen molar-refractivity contribution in [3.8, 4) is 5.75 Å². The smallest absolute Gasteiger partial charge is 0.255 e. The Hall–Kier alpha value is -4.95. The molecular weight excluding hydrogens is 673 g/mol. The maximum atomic E-state index is 13.1. The maximum absolute atomic E-state index is 13.1. The highest BCUT2D eigenvalue weighted by molar-refractivity contribution is 6.05. The van der Waals surface area contributed by atoms with Gasteiger partial charge in [-0.2, -0.15) is 0 Å². The second kappa shape index (κ2) is 15.1. The summed E-state index contributed by atoms with van der Waals surface area (Å²) in [6, 6.07) is 34.6. The first-order valence-electron chi connectivity index (χ1n) is 20.1. The second-order valence-electron chi connectivity index (χ2n) is 16.1. The van der Waals surface area contributed by atoms with Gasteiger partial charge in [-0.15, -0.1) is 0 Å². The summed E-state index contributed by atoms with van der Waals surface area (Å²) in [4.78, 5) is 43.9. The summed E-state index contributed by atoms with van der Waals surface area (Å²) in [5.74, 6) is 1.72. The van der Waals surface area contributed by atoms with E-state index in [1.807, 2.05) is 6.07 Å². The highest BCUT2D eigenvalue weighted by atomic mass is 16.5. The average Bonchev–Trinajstić information content (AvgIpc) is 3.54. The summed E-state index contributed by atoms with van der Waals surface area (Å²) in [5.41, 5.74) is 8.52. The van der Waals surface area contributed by atoms with Crippen LogP contribution in [-0.2, 0) is 22.6 Å². The van der Waals surface area contributed by atoms with Crippen molar-refractivity contribution >= 4 is 23.4 Å². The number of fused-ring (bicyclic) bond motifs is 2. The summed E-state index contributed by atoms with van der Waals surface area (Å²) in [6.45, 7) is 5.71. The van der Waals surface area contributed by atoms with E-state index in [0.717, 1.165) is 88.2 Å². The molecule has 4 heterocycles. The lowest BCUT2D eigenvalue weighted by atomic mass is 9.69. The van der Waals surface area contributed by atoms with Gasteiger partial charge in [-0.25, -0.2) is 0 Å². The minimum absolute atomic E-state index is 0.116. The molecule has 3 amide bonds. The van der Waals surface area contributed by atoms with Crippen molar-refractivity contribution in [1.29, 1.82) is 0 Å². The van der Waals surface area contributed by atoms with E-state index in [4.69, 9.17) is 4.74 Å². The number of piperidine rings is 3. The van der Waals surface area contributed by atoms with Gasteiger partial charge < -0.3 is 19.4 Å². The molecule has 8 nitrogen and oxygen atoms in total. The van der Waals surface area contributed by atoms with E-state index in [1.165, 1.54) is 22.3 Å². The number of nitrogens with zero attached hydrogens (tertiary/aromatic N) is 3. The summed E-state index contributed by atoms with van der Waals surface area (Å²) in [6.07, 6.45) is 7.59. The number of amides is 3. The highest BCUT2D eigenvalue weighted by Gasteiger charge is 2.39. The van der Waals surface area contributed by atoms with E-state index in [-0.39, 0.29) is 30.2 Å². The zero-order valence-electron chi connectivity index (χ0n) is 31.0. The number of hydrogen-bond acceptors (Lipinski definition) is 6. The fourth-order valence-electron chi connectivity index (χ4n) is 9.88. The topological polar surface area (TPSA) is 82.2 Å². The van der Waals surface area contributed by atoms with E-state index in [2.05, 4.69) is 106 Å². The van der Waals surface area contributed by atoms with Crippen molar-refractivity contribution in [2.75, 3.05) is 37.6 Å². The number of benzene rings is 4. The van der Waals surface area contributed by atoms with Gasteiger partial charge in [0.25, 0.3) is 5.91 Å². The maximum Gasteiger partial charge on any atom is 0.255 e. The third-order valence-corrected chi connectivity index (χ3v) is 12.8. The van der Waals surface area contributed by atoms with Gasteiger partial charge in [0, 0.05) is 62.9 Å². The molecular formula is C46H50N4O4. The lowest BCUT2D eigenvalue weighted by Crippen LogP contribution is -2.52. The third kappa shape index (κ3) is 7.04. The van der Waals surface area contributed by atoms with Gasteiger partial charge in [-0.05, 0) is 115 Å². The average molecular weight is 723 g/mol. The molecule has 0 radical (unpaired) electrons. The van der Waals surface area contributed by atoms with Gasteiger partial charge >= 0.3 is 0 Å². The number of rotatable bonds is 8. The van der Waals surface area contributed by atoms with Gasteiger partial charge in [-0.1, -0.05) is 66.7 Å². The normalized spacial score (nSPS) is 23.9. The molecule has 278 valence electrons. The monoisotopic (exact) mass is 722 g/mol. The van der Waals surface area contributed by atoms with Crippen LogP contribution in [0.15, 0.2) is 97.1 Å². The van der Waals surface area contributed by atoms with Crippen molar-refractivity contribution in [3.05, 3.63) is 130 Å². The van der Waals surface area contributed by atoms with Crippen LogP contribution >= 0.6 is 0 Å². The van der Waals surface area contributed by atoms with E-state index < -0.39 is 6.04 Å². The zero-order valence-corrected chi connectivity index (χ0v) is 31.0. The number of carbonyl (C=O) groups excluding carboxylic acids is 3. The predicted octanol–water partition coefficient (Wildman–Crippen LogP) is 7.07. The van der Waals surface area contributed by atoms with Crippen LogP contribution in [0.4, 0.5) is 5.69 Å². The van der Waals surface area contributed by atoms with Gasteiger partial charge in [-0.3, -0.25) is 19.7 Å². The summed E-state index contributed by atoms with van der Waals surface area (Å²) < 4.78 is 6.58. The van der Waals surface area contributed by atoms with Crippen LogP contribution in [0.5, 0.6) is 5.75 Å². The Labute approximate surface area is 318 Å². The lowest BCUT2D eigenvalue weighted by Gasteiger charge is -2.38. The quantitative estimate of drug-likeness (QED) is 0.196. The molecule has 54 heavy (non-hydrogen) atoms. The number of hydrogen-bond donors (Lipinski definition) is 1. The number of ether oxygens (including phenoxy) is 1. The Morgan fingerprint density at radius 1 is 0.685 bits per heavy atom. The summed E-state index contributed by atoms with van der Waals surface area (Å²) >= 11 is 0. The number of likely N-dealkylation sites (tertiary alicyclic amines) is 1. The Kier molecular flexibility index (Phi) is 9.70. The molecule has 1 aliphatic carbocycles. The van der Waals surface area contributed by atoms with Gasteiger partial charge in [0.15, 0.2) is 0 Å². The molecule has 4 aromatic rings. The summed E-state index contributed by atoms with van der Waals surface area (Å²) in [5, 5.41) is 2.39. The van der Waals surface area contributed by atoms with Crippen molar-refractivity contribution < 1.29 is 19.1 Å². The Balaban J connectivity index is 0.752. The molecule has 1 N–H and O–H groups in total. The van der Waals surface area contributed by atoms with Gasteiger partial charge in [0.1, 0.15) is 17.9 Å². The largest absolute Gasteiger partial charge is 0.490 e. The van der Waals surface area contributed by atoms with Crippen LogP contribution in [0.1, 0.15) is 95.0 Å². The molecule has 0 bridgehead atoms. The number of imide groups is 1. The van der Waals surface area contributed by atoms with Crippen LogP contribution in [0, 0.1) is 5.92 Å². The molecule has 0 saturated carbocycles. The SMILES string of the molecule is O=C1CCC(N2Cc3cc(N4CCC(CN5CCC(Oc6ccc(C7c8ccccc8CCC7c7ccccc7)cc6)CC5)CC4)ccc3C2=O)C(=O)N1. The van der Waals surface area contributed by atoms with E-state index in [1.54, 1.807) is 4.90 Å². The van der Waals surface area contributed by atoms with Crippen LogP contribution < -0.4 is 15.0 Å². The number of nitrogens with one attached hydrogen (secondary N) is 1. The Morgan fingerprint density at radius 3 is 2.22 bits per heavy atom. The van der Waals surface area contributed by atoms with Gasteiger partial charge in [0.2, 0.25) is 11.8 Å². The molecule has 3 fully saturated rings. The van der Waals surface area contributed by atoms with Crippen molar-refractivity contribution in [2.24, 2.45) is 5.92 Å². The zero-order chi connectivity index (χ0) is 36.6. The first-order valence-corrected chi connectivity index (χ1v) is 20.1. The van der Waals surface area contributed by atoms with Crippen LogP contribution in [0.25, 0.3) is 0 Å². The predicted molar refractivity (Wildman–Crippen MR) is 210 cm³/mol. The third-order valence-electron chi connectivity index (χ3n) is 12.8. The fraction of sp³-hybridized carbons (Fsp3) is 0.413. The second-order valence-corrected chi connectivity index (χ2v) is 16.1. The van der Waals surface area contributed by atoms with E-state index >= 15 is 0 Å². The number of anilines is 1. The first kappa shape index (κ1) is 34.8. The first-order chi connectivity index (χ1) is 26.5. The highest BCUT2D eigenvalue weighted by Crippen LogP contribution is 2.46. The summed E-state index contributed by atoms with van der Waals surface area (Å²) in [7, 11) is 0. The molecule has 3 atom stereocenters. The van der Waals surface area contributed by atoms with Gasteiger partial charge in [0.05, 0.1) is 0 Å². The van der Waals surface area contributed by atoms with Crippen LogP contribution in [0.3, 0.4) is 0 Å². The molecule has 4 aliphatic heterocycles. The van der Waals surface area contributed by atoms with Crippen molar-refractivity contribution in [2.45, 2.75) is 81.9 Å². The minimum Gasteiger partial charge on any atom is -0.490 e. The van der Waals surface area contributed by atoms with Crippen LogP contribution in [-0.4, -0.2) is 72.4 Å². The van der Waals surface area contributed by atoms with E-state index in [9.17, 15) is 14.4 Å². The molecule has 0 aromatic heterocycles. The lowest BCUT2D eigenvalue weighted by molar-refractivity contribution is -0.136. The molecule has 4 aromatic carbocycles. The Morgan fingerprint density at radius 2 is 1.44 bits per heavy atom. The fourth-order valence-corrected chi connectivity index (χ4v) is 9.88. The van der Waals surface area contributed by atoms with E-state index in [0.29, 0.717) is 36.3 Å². The minimum atomic E-state index is -0.580.